The van der Waals surface area contributed by atoms with Crippen molar-refractivity contribution in [2.75, 3.05) is 11.1 Å². The number of carbonyl (C=O) groups is 2. The predicted molar refractivity (Wildman–Crippen MR) is 114 cm³/mol. The van der Waals surface area contributed by atoms with Crippen LogP contribution in [0.2, 0.25) is 5.02 Å². The van der Waals surface area contributed by atoms with Gasteiger partial charge in [-0.05, 0) is 31.0 Å². The Hall–Kier alpha value is -2.64. The zero-order valence-electron chi connectivity index (χ0n) is 15.8. The van der Waals surface area contributed by atoms with Gasteiger partial charge in [-0.3, -0.25) is 9.59 Å². The van der Waals surface area contributed by atoms with Gasteiger partial charge < -0.3 is 9.88 Å². The van der Waals surface area contributed by atoms with Crippen molar-refractivity contribution in [3.05, 3.63) is 70.5 Å². The average molecular weight is 427 g/mol. The number of anilines is 1. The Morgan fingerprint density at radius 2 is 1.93 bits per heavy atom. The molecule has 0 saturated heterocycles. The number of hydrogen-bond donors (Lipinski definition) is 1. The molecular weight excluding hydrogens is 408 g/mol. The summed E-state index contributed by atoms with van der Waals surface area (Å²) in [5.41, 5.74) is 1.33. The fourth-order valence-electron chi connectivity index (χ4n) is 3.02. The lowest BCUT2D eigenvalue weighted by Crippen LogP contribution is -2.17. The minimum Gasteiger partial charge on any atom is -0.325 e. The molecule has 2 aromatic carbocycles. The van der Waals surface area contributed by atoms with Gasteiger partial charge in [-0.2, -0.15) is 0 Å². The Kier molecular flexibility index (Phi) is 5.69. The molecular formula is C21H19ClN4O2S. The molecule has 148 valence electrons. The van der Waals surface area contributed by atoms with E-state index in [1.807, 2.05) is 17.7 Å². The molecule has 0 radical (unpaired) electrons. The molecule has 1 heterocycles. The summed E-state index contributed by atoms with van der Waals surface area (Å²) in [6, 6.07) is 13.8. The van der Waals surface area contributed by atoms with Crippen LogP contribution in [0.3, 0.4) is 0 Å². The van der Waals surface area contributed by atoms with Crippen molar-refractivity contribution in [1.29, 1.82) is 0 Å². The molecule has 3 aromatic rings. The lowest BCUT2D eigenvalue weighted by atomic mass is 10.0. The molecule has 1 aromatic heterocycles. The van der Waals surface area contributed by atoms with E-state index in [4.69, 9.17) is 11.6 Å². The summed E-state index contributed by atoms with van der Waals surface area (Å²) in [6.07, 6.45) is 2.29. The van der Waals surface area contributed by atoms with Crippen molar-refractivity contribution in [2.24, 2.45) is 7.05 Å². The summed E-state index contributed by atoms with van der Waals surface area (Å²) in [5, 5.41) is 12.4. The van der Waals surface area contributed by atoms with Gasteiger partial charge in [0.05, 0.1) is 11.4 Å². The second-order valence-electron chi connectivity index (χ2n) is 6.90. The van der Waals surface area contributed by atoms with Crippen LogP contribution in [0.15, 0.2) is 53.7 Å². The first-order valence-corrected chi connectivity index (χ1v) is 10.6. The molecule has 1 fully saturated rings. The van der Waals surface area contributed by atoms with Crippen LogP contribution in [-0.2, 0) is 11.8 Å². The van der Waals surface area contributed by atoms with E-state index in [1.54, 1.807) is 42.5 Å². The van der Waals surface area contributed by atoms with Crippen molar-refractivity contribution in [1.82, 2.24) is 14.8 Å². The van der Waals surface area contributed by atoms with Crippen LogP contribution in [0.1, 0.15) is 40.5 Å². The molecule has 1 N–H and O–H groups in total. The highest BCUT2D eigenvalue weighted by molar-refractivity contribution is 7.99. The Morgan fingerprint density at radius 1 is 1.17 bits per heavy atom. The molecule has 29 heavy (non-hydrogen) atoms. The van der Waals surface area contributed by atoms with E-state index in [0.717, 1.165) is 18.7 Å². The normalized spacial score (nSPS) is 13.3. The Bertz CT molecular complexity index is 1060. The molecule has 1 aliphatic rings. The summed E-state index contributed by atoms with van der Waals surface area (Å²) < 4.78 is 1.95. The average Bonchev–Trinajstić information content (AvgIpc) is 3.51. The second kappa shape index (κ2) is 8.39. The number of thioether (sulfide) groups is 1. The van der Waals surface area contributed by atoms with Crippen molar-refractivity contribution < 1.29 is 9.59 Å². The van der Waals surface area contributed by atoms with E-state index in [0.29, 0.717) is 32.9 Å². The van der Waals surface area contributed by atoms with E-state index >= 15 is 0 Å². The minimum absolute atomic E-state index is 0.165. The monoisotopic (exact) mass is 426 g/mol. The van der Waals surface area contributed by atoms with Gasteiger partial charge in [-0.1, -0.05) is 53.7 Å². The number of nitrogens with one attached hydrogen (secondary N) is 1. The van der Waals surface area contributed by atoms with Crippen molar-refractivity contribution in [2.45, 2.75) is 23.9 Å². The topological polar surface area (TPSA) is 76.9 Å². The molecule has 0 unspecified atom stereocenters. The molecule has 6 nitrogen and oxygen atoms in total. The molecule has 0 spiro atoms. The van der Waals surface area contributed by atoms with Gasteiger partial charge in [-0.15, -0.1) is 10.2 Å². The molecule has 1 amide bonds. The smallest absolute Gasteiger partial charge is 0.234 e. The zero-order chi connectivity index (χ0) is 20.4. The highest BCUT2D eigenvalue weighted by Gasteiger charge is 2.29. The molecule has 1 saturated carbocycles. The first-order valence-electron chi connectivity index (χ1n) is 9.24. The van der Waals surface area contributed by atoms with Gasteiger partial charge in [0.15, 0.2) is 10.9 Å². The number of halogens is 1. The molecule has 0 atom stereocenters. The molecule has 1 aliphatic carbocycles. The van der Waals surface area contributed by atoms with Crippen LogP contribution in [0, 0.1) is 0 Å². The zero-order valence-corrected chi connectivity index (χ0v) is 17.3. The quantitative estimate of drug-likeness (QED) is 0.450. The maximum Gasteiger partial charge on any atom is 0.234 e. The van der Waals surface area contributed by atoms with Gasteiger partial charge in [0.2, 0.25) is 5.91 Å². The van der Waals surface area contributed by atoms with Crippen LogP contribution in [0.5, 0.6) is 0 Å². The SMILES string of the molecule is Cn1c(SCC(=O)Nc2ccc(Cl)cc2C(=O)c2ccccc2)nnc1C1CC1. The fourth-order valence-corrected chi connectivity index (χ4v) is 3.91. The summed E-state index contributed by atoms with van der Waals surface area (Å²) in [7, 11) is 1.92. The third-order valence-electron chi connectivity index (χ3n) is 4.68. The van der Waals surface area contributed by atoms with Gasteiger partial charge in [-0.25, -0.2) is 0 Å². The van der Waals surface area contributed by atoms with Crippen LogP contribution in [0.25, 0.3) is 0 Å². The Morgan fingerprint density at radius 3 is 2.66 bits per heavy atom. The van der Waals surface area contributed by atoms with E-state index in [1.165, 1.54) is 11.8 Å². The number of ketones is 1. The van der Waals surface area contributed by atoms with Gasteiger partial charge in [0.1, 0.15) is 5.82 Å². The summed E-state index contributed by atoms with van der Waals surface area (Å²) >= 11 is 7.41. The number of hydrogen-bond acceptors (Lipinski definition) is 5. The van der Waals surface area contributed by atoms with Crippen molar-refractivity contribution >= 4 is 40.7 Å². The molecule has 4 rings (SSSR count). The molecule has 0 aliphatic heterocycles. The largest absolute Gasteiger partial charge is 0.325 e. The van der Waals surface area contributed by atoms with Crippen molar-refractivity contribution in [3.63, 3.8) is 0 Å². The van der Waals surface area contributed by atoms with E-state index in [9.17, 15) is 9.59 Å². The third kappa shape index (κ3) is 4.52. The van der Waals surface area contributed by atoms with E-state index in [2.05, 4.69) is 15.5 Å². The van der Waals surface area contributed by atoms with Crippen LogP contribution < -0.4 is 5.32 Å². The first kappa shape index (κ1) is 19.7. The highest BCUT2D eigenvalue weighted by Crippen LogP contribution is 2.39. The van der Waals surface area contributed by atoms with Crippen LogP contribution in [-0.4, -0.2) is 32.2 Å². The lowest BCUT2D eigenvalue weighted by Gasteiger charge is -2.11. The Labute approximate surface area is 177 Å². The second-order valence-corrected chi connectivity index (χ2v) is 8.27. The summed E-state index contributed by atoms with van der Waals surface area (Å²) in [6.45, 7) is 0. The number of nitrogens with zero attached hydrogens (tertiary/aromatic N) is 3. The van der Waals surface area contributed by atoms with Crippen LogP contribution >= 0.6 is 23.4 Å². The Balaban J connectivity index is 1.46. The molecule has 0 bridgehead atoms. The van der Waals surface area contributed by atoms with Crippen molar-refractivity contribution in [3.8, 4) is 0 Å². The van der Waals surface area contributed by atoms with Gasteiger partial charge >= 0.3 is 0 Å². The number of rotatable bonds is 7. The van der Waals surface area contributed by atoms with Gasteiger partial charge in [0.25, 0.3) is 0 Å². The van der Waals surface area contributed by atoms with E-state index < -0.39 is 0 Å². The number of aromatic nitrogens is 3. The minimum atomic E-state index is -0.226. The van der Waals surface area contributed by atoms with Gasteiger partial charge in [0, 0.05) is 29.1 Å². The number of carbonyl (C=O) groups excluding carboxylic acids is 2. The van der Waals surface area contributed by atoms with Crippen LogP contribution in [0.4, 0.5) is 5.69 Å². The highest BCUT2D eigenvalue weighted by atomic mass is 35.5. The number of amides is 1. The maximum absolute atomic E-state index is 12.9. The summed E-state index contributed by atoms with van der Waals surface area (Å²) in [4.78, 5) is 25.4. The predicted octanol–water partition coefficient (Wildman–Crippen LogP) is 4.31. The molecule has 8 heteroatoms. The maximum atomic E-state index is 12.9. The van der Waals surface area contributed by atoms with E-state index in [-0.39, 0.29) is 17.4 Å². The fraction of sp³-hybridized carbons (Fsp3) is 0.238. The number of benzene rings is 2. The first-order chi connectivity index (χ1) is 14.0. The standard InChI is InChI=1S/C21H19ClN4O2S/c1-26-20(14-7-8-14)24-25-21(26)29-12-18(27)23-17-10-9-15(22)11-16(17)19(28)13-5-3-2-4-6-13/h2-6,9-11,14H,7-8,12H2,1H3,(H,23,27). The lowest BCUT2D eigenvalue weighted by molar-refractivity contribution is -0.113. The third-order valence-corrected chi connectivity index (χ3v) is 5.94. The summed E-state index contributed by atoms with van der Waals surface area (Å²) in [5.74, 6) is 1.21.